The lowest BCUT2D eigenvalue weighted by Gasteiger charge is -2.08. The number of rotatable bonds is 7. The van der Waals surface area contributed by atoms with Crippen LogP contribution in [0.25, 0.3) is 0 Å². The van der Waals surface area contributed by atoms with E-state index in [0.717, 1.165) is 17.7 Å². The molecule has 3 nitrogen and oxygen atoms in total. The topological polar surface area (TPSA) is 38.3 Å². The highest BCUT2D eigenvalue weighted by molar-refractivity contribution is 5.78. The molecule has 0 spiro atoms. The van der Waals surface area contributed by atoms with Crippen molar-refractivity contribution in [3.05, 3.63) is 65.7 Å². The molecule has 21 heavy (non-hydrogen) atoms. The van der Waals surface area contributed by atoms with Crippen LogP contribution in [0.2, 0.25) is 0 Å². The van der Waals surface area contributed by atoms with Crippen molar-refractivity contribution in [3.63, 3.8) is 0 Å². The molecule has 0 aliphatic rings. The molecule has 0 aliphatic carbocycles. The molecule has 0 unspecified atom stereocenters. The van der Waals surface area contributed by atoms with Gasteiger partial charge in [0.1, 0.15) is 12.4 Å². The van der Waals surface area contributed by atoms with Crippen molar-refractivity contribution < 1.29 is 9.53 Å². The van der Waals surface area contributed by atoms with E-state index in [0.29, 0.717) is 19.6 Å². The Bertz CT molecular complexity index is 549. The minimum Gasteiger partial charge on any atom is -0.492 e. The summed E-state index contributed by atoms with van der Waals surface area (Å²) in [5, 5.41) is 2.87. The van der Waals surface area contributed by atoms with Gasteiger partial charge in [-0.1, -0.05) is 49.4 Å². The first-order valence-corrected chi connectivity index (χ1v) is 7.30. The molecule has 0 aromatic heterocycles. The zero-order valence-corrected chi connectivity index (χ0v) is 12.3. The molecule has 0 saturated heterocycles. The van der Waals surface area contributed by atoms with Crippen molar-refractivity contribution in [1.82, 2.24) is 5.32 Å². The summed E-state index contributed by atoms with van der Waals surface area (Å²) in [5.41, 5.74) is 2.32. The fourth-order valence-electron chi connectivity index (χ4n) is 2.02. The number of carbonyl (C=O) groups excluding carboxylic acids is 1. The van der Waals surface area contributed by atoms with Crippen LogP contribution in [0, 0.1) is 0 Å². The Balaban J connectivity index is 1.67. The van der Waals surface area contributed by atoms with Crippen LogP contribution in [0.1, 0.15) is 18.1 Å². The maximum Gasteiger partial charge on any atom is 0.224 e. The highest BCUT2D eigenvalue weighted by Crippen LogP contribution is 2.07. The highest BCUT2D eigenvalue weighted by atomic mass is 16.5. The quantitative estimate of drug-likeness (QED) is 0.793. The average molecular weight is 283 g/mol. The van der Waals surface area contributed by atoms with Crippen molar-refractivity contribution in [1.29, 1.82) is 0 Å². The molecule has 3 heteroatoms. The lowest BCUT2D eigenvalue weighted by atomic mass is 10.1. The number of amides is 1. The van der Waals surface area contributed by atoms with E-state index < -0.39 is 0 Å². The fraction of sp³-hybridized carbons (Fsp3) is 0.278. The van der Waals surface area contributed by atoms with Gasteiger partial charge in [-0.3, -0.25) is 4.79 Å². The van der Waals surface area contributed by atoms with Gasteiger partial charge in [0.25, 0.3) is 0 Å². The molecule has 0 aliphatic heterocycles. The summed E-state index contributed by atoms with van der Waals surface area (Å²) in [6.07, 6.45) is 1.43. The molecule has 1 amide bonds. The molecular formula is C18H21NO2. The summed E-state index contributed by atoms with van der Waals surface area (Å²) in [5.74, 6) is 0.845. The van der Waals surface area contributed by atoms with Gasteiger partial charge in [0.15, 0.2) is 0 Å². The highest BCUT2D eigenvalue weighted by Gasteiger charge is 2.03. The predicted octanol–water partition coefficient (Wildman–Crippen LogP) is 2.99. The van der Waals surface area contributed by atoms with Crippen molar-refractivity contribution in [2.45, 2.75) is 19.8 Å². The first-order chi connectivity index (χ1) is 10.3. The van der Waals surface area contributed by atoms with E-state index in [-0.39, 0.29) is 5.91 Å². The van der Waals surface area contributed by atoms with Crippen molar-refractivity contribution in [2.75, 3.05) is 13.2 Å². The van der Waals surface area contributed by atoms with Gasteiger partial charge >= 0.3 is 0 Å². The summed E-state index contributed by atoms with van der Waals surface area (Å²) in [6, 6.07) is 17.8. The number of hydrogen-bond acceptors (Lipinski definition) is 2. The van der Waals surface area contributed by atoms with Crippen LogP contribution >= 0.6 is 0 Å². The second kappa shape index (κ2) is 8.10. The van der Waals surface area contributed by atoms with Crippen molar-refractivity contribution in [3.8, 4) is 5.75 Å². The summed E-state index contributed by atoms with van der Waals surface area (Å²) >= 11 is 0. The van der Waals surface area contributed by atoms with E-state index in [4.69, 9.17) is 4.74 Å². The Morgan fingerprint density at radius 2 is 1.67 bits per heavy atom. The van der Waals surface area contributed by atoms with Crippen LogP contribution in [0.5, 0.6) is 5.75 Å². The summed E-state index contributed by atoms with van der Waals surface area (Å²) < 4.78 is 5.52. The van der Waals surface area contributed by atoms with Gasteiger partial charge < -0.3 is 10.1 Å². The first-order valence-electron chi connectivity index (χ1n) is 7.30. The Morgan fingerprint density at radius 1 is 1.00 bits per heavy atom. The monoisotopic (exact) mass is 283 g/mol. The number of nitrogens with one attached hydrogen (secondary N) is 1. The molecule has 0 saturated carbocycles. The third-order valence-electron chi connectivity index (χ3n) is 3.23. The molecule has 2 aromatic carbocycles. The Labute approximate surface area is 126 Å². The van der Waals surface area contributed by atoms with Gasteiger partial charge in [-0.05, 0) is 29.7 Å². The van der Waals surface area contributed by atoms with Crippen LogP contribution in [0.15, 0.2) is 54.6 Å². The molecule has 1 N–H and O–H groups in total. The molecule has 2 aromatic rings. The van der Waals surface area contributed by atoms with E-state index in [2.05, 4.69) is 24.4 Å². The number of para-hydroxylation sites is 1. The standard InChI is InChI=1S/C18H21NO2/c1-2-15-8-10-16(11-9-15)14-18(20)19-12-13-21-17-6-4-3-5-7-17/h3-11H,2,12-14H2,1H3,(H,19,20). The van der Waals surface area contributed by atoms with Crippen LogP contribution in [0.4, 0.5) is 0 Å². The van der Waals surface area contributed by atoms with Crippen molar-refractivity contribution in [2.24, 2.45) is 0 Å². The third kappa shape index (κ3) is 5.30. The molecule has 0 bridgehead atoms. The Morgan fingerprint density at radius 3 is 2.33 bits per heavy atom. The maximum atomic E-state index is 11.8. The zero-order valence-electron chi connectivity index (χ0n) is 12.3. The fourth-order valence-corrected chi connectivity index (χ4v) is 2.02. The van der Waals surface area contributed by atoms with Gasteiger partial charge in [0.05, 0.1) is 13.0 Å². The van der Waals surface area contributed by atoms with Crippen LogP contribution in [-0.2, 0) is 17.6 Å². The van der Waals surface area contributed by atoms with E-state index in [1.165, 1.54) is 5.56 Å². The Kier molecular flexibility index (Phi) is 5.83. The van der Waals surface area contributed by atoms with Gasteiger partial charge in [-0.2, -0.15) is 0 Å². The smallest absolute Gasteiger partial charge is 0.224 e. The van der Waals surface area contributed by atoms with Gasteiger partial charge in [0, 0.05) is 0 Å². The van der Waals surface area contributed by atoms with E-state index in [1.807, 2.05) is 42.5 Å². The van der Waals surface area contributed by atoms with E-state index >= 15 is 0 Å². The summed E-state index contributed by atoms with van der Waals surface area (Å²) in [7, 11) is 0. The number of carbonyl (C=O) groups is 1. The first kappa shape index (κ1) is 15.1. The van der Waals surface area contributed by atoms with Crippen LogP contribution < -0.4 is 10.1 Å². The molecular weight excluding hydrogens is 262 g/mol. The second-order valence-electron chi connectivity index (χ2n) is 4.86. The molecule has 0 atom stereocenters. The van der Waals surface area contributed by atoms with Crippen LogP contribution in [-0.4, -0.2) is 19.1 Å². The van der Waals surface area contributed by atoms with Crippen LogP contribution in [0.3, 0.4) is 0 Å². The summed E-state index contributed by atoms with van der Waals surface area (Å²) in [6.45, 7) is 3.11. The second-order valence-corrected chi connectivity index (χ2v) is 4.86. The zero-order chi connectivity index (χ0) is 14.9. The van der Waals surface area contributed by atoms with E-state index in [1.54, 1.807) is 0 Å². The summed E-state index contributed by atoms with van der Waals surface area (Å²) in [4.78, 5) is 11.8. The molecule has 110 valence electrons. The average Bonchev–Trinajstić information content (AvgIpc) is 2.53. The SMILES string of the molecule is CCc1ccc(CC(=O)NCCOc2ccccc2)cc1. The lowest BCUT2D eigenvalue weighted by Crippen LogP contribution is -2.29. The minimum atomic E-state index is 0.0240. The number of benzene rings is 2. The Hall–Kier alpha value is -2.29. The number of aryl methyl sites for hydroxylation is 1. The lowest BCUT2D eigenvalue weighted by molar-refractivity contribution is -0.120. The molecule has 0 fully saturated rings. The molecule has 2 rings (SSSR count). The van der Waals surface area contributed by atoms with Crippen molar-refractivity contribution >= 4 is 5.91 Å². The van der Waals surface area contributed by atoms with Gasteiger partial charge in [0.2, 0.25) is 5.91 Å². The third-order valence-corrected chi connectivity index (χ3v) is 3.23. The molecule has 0 heterocycles. The predicted molar refractivity (Wildman–Crippen MR) is 84.5 cm³/mol. The molecule has 0 radical (unpaired) electrons. The van der Waals surface area contributed by atoms with Gasteiger partial charge in [-0.15, -0.1) is 0 Å². The normalized spacial score (nSPS) is 10.1. The minimum absolute atomic E-state index is 0.0240. The maximum absolute atomic E-state index is 11.8. The number of hydrogen-bond donors (Lipinski definition) is 1. The van der Waals surface area contributed by atoms with Gasteiger partial charge in [-0.25, -0.2) is 0 Å². The van der Waals surface area contributed by atoms with E-state index in [9.17, 15) is 4.79 Å². The number of ether oxygens (including phenoxy) is 1. The largest absolute Gasteiger partial charge is 0.492 e.